The van der Waals surface area contributed by atoms with E-state index in [9.17, 15) is 32.7 Å². The zero-order valence-electron chi connectivity index (χ0n) is 9.37. The maximum absolute atomic E-state index is 11.9. The summed E-state index contributed by atoms with van der Waals surface area (Å²) in [6.07, 6.45) is -5.91. The Labute approximate surface area is 100 Å². The zero-order valence-corrected chi connectivity index (χ0v) is 9.37. The van der Waals surface area contributed by atoms with Crippen LogP contribution in [0.5, 0.6) is 0 Å². The number of carboxylic acid groups (broad SMARTS) is 1. The van der Waals surface area contributed by atoms with Crippen LogP contribution in [0.25, 0.3) is 0 Å². The Kier molecular flexibility index (Phi) is 6.14. The molecule has 0 rings (SSSR count). The van der Waals surface area contributed by atoms with E-state index in [2.05, 4.69) is 4.74 Å². The lowest BCUT2D eigenvalue weighted by Crippen LogP contribution is -2.49. The fourth-order valence-corrected chi connectivity index (χ4v) is 0.903. The molecular formula is C9H11F3NO5-. The van der Waals surface area contributed by atoms with Gasteiger partial charge in [-0.3, -0.25) is 4.79 Å². The summed E-state index contributed by atoms with van der Waals surface area (Å²) >= 11 is 0. The number of carbonyl (C=O) groups is 3. The molecule has 0 spiro atoms. The topological polar surface area (TPSA) is 95.5 Å². The summed E-state index contributed by atoms with van der Waals surface area (Å²) in [7, 11) is 0. The van der Waals surface area contributed by atoms with Crippen molar-refractivity contribution >= 4 is 17.8 Å². The van der Waals surface area contributed by atoms with Gasteiger partial charge in [0.05, 0.1) is 6.61 Å². The Morgan fingerprint density at radius 1 is 1.33 bits per heavy atom. The summed E-state index contributed by atoms with van der Waals surface area (Å²) < 4.78 is 40.3. The maximum Gasteiger partial charge on any atom is 0.471 e. The van der Waals surface area contributed by atoms with Crippen LogP contribution >= 0.6 is 0 Å². The van der Waals surface area contributed by atoms with Gasteiger partial charge in [0.1, 0.15) is 6.04 Å². The molecule has 1 N–H and O–H groups in total. The van der Waals surface area contributed by atoms with Gasteiger partial charge in [0.2, 0.25) is 0 Å². The number of aliphatic carboxylic acids is 1. The Hall–Kier alpha value is -1.80. The molecule has 104 valence electrons. The molecule has 0 aliphatic rings. The van der Waals surface area contributed by atoms with Crippen LogP contribution in [0.15, 0.2) is 0 Å². The van der Waals surface area contributed by atoms with Gasteiger partial charge in [-0.2, -0.15) is 13.2 Å². The van der Waals surface area contributed by atoms with Crippen molar-refractivity contribution in [3.63, 3.8) is 0 Å². The summed E-state index contributed by atoms with van der Waals surface area (Å²) in [5.74, 6) is -5.45. The molecule has 0 bridgehead atoms. The number of alkyl halides is 3. The molecule has 0 aliphatic carbocycles. The summed E-state index contributed by atoms with van der Waals surface area (Å²) in [6, 6.07) is -1.92. The maximum atomic E-state index is 11.9. The minimum atomic E-state index is -5.21. The largest absolute Gasteiger partial charge is 0.550 e. The van der Waals surface area contributed by atoms with Gasteiger partial charge in [-0.05, 0) is 6.42 Å². The average Bonchev–Trinajstić information content (AvgIpc) is 2.22. The Balaban J connectivity index is 4.63. The molecule has 9 heteroatoms. The second-order valence-corrected chi connectivity index (χ2v) is 3.27. The van der Waals surface area contributed by atoms with E-state index in [0.717, 1.165) is 0 Å². The third kappa shape index (κ3) is 6.06. The summed E-state index contributed by atoms with van der Waals surface area (Å²) in [6.45, 7) is 1.54. The highest BCUT2D eigenvalue weighted by Crippen LogP contribution is 2.15. The summed E-state index contributed by atoms with van der Waals surface area (Å²) in [5, 5.41) is 11.5. The van der Waals surface area contributed by atoms with Crippen molar-refractivity contribution in [3.05, 3.63) is 0 Å². The average molecular weight is 270 g/mol. The second-order valence-electron chi connectivity index (χ2n) is 3.27. The number of hydrogen-bond donors (Lipinski definition) is 1. The molecule has 0 radical (unpaired) electrons. The highest BCUT2D eigenvalue weighted by atomic mass is 19.4. The van der Waals surface area contributed by atoms with Gasteiger partial charge in [0, 0.05) is 12.4 Å². The van der Waals surface area contributed by atoms with E-state index in [0.29, 0.717) is 6.42 Å². The van der Waals surface area contributed by atoms with Crippen molar-refractivity contribution in [1.29, 1.82) is 0 Å². The first kappa shape index (κ1) is 16.2. The van der Waals surface area contributed by atoms with Crippen LogP contribution in [0, 0.1) is 0 Å². The first-order chi connectivity index (χ1) is 8.18. The lowest BCUT2D eigenvalue weighted by Gasteiger charge is -2.18. The fourth-order valence-electron chi connectivity index (χ4n) is 0.903. The van der Waals surface area contributed by atoms with Gasteiger partial charge >= 0.3 is 18.1 Å². The number of amides is 1. The van der Waals surface area contributed by atoms with Crippen molar-refractivity contribution in [3.8, 4) is 0 Å². The van der Waals surface area contributed by atoms with E-state index in [1.54, 1.807) is 6.92 Å². The predicted octanol–water partition coefficient (Wildman–Crippen LogP) is -0.873. The number of nitrogens with one attached hydrogen (secondary N) is 1. The smallest absolute Gasteiger partial charge is 0.471 e. The molecule has 1 unspecified atom stereocenters. The molecule has 18 heavy (non-hydrogen) atoms. The van der Waals surface area contributed by atoms with Crippen LogP contribution in [0.1, 0.15) is 19.8 Å². The lowest BCUT2D eigenvalue weighted by atomic mass is 10.2. The highest BCUT2D eigenvalue weighted by Gasteiger charge is 2.41. The number of carbonyl (C=O) groups excluding carboxylic acids is 3. The zero-order chi connectivity index (χ0) is 14.3. The first-order valence-electron chi connectivity index (χ1n) is 4.92. The van der Waals surface area contributed by atoms with Crippen LogP contribution in [0.4, 0.5) is 13.2 Å². The van der Waals surface area contributed by atoms with Crippen molar-refractivity contribution in [1.82, 2.24) is 5.32 Å². The molecule has 6 nitrogen and oxygen atoms in total. The lowest BCUT2D eigenvalue weighted by molar-refractivity contribution is -0.306. The summed E-state index contributed by atoms with van der Waals surface area (Å²) in [4.78, 5) is 32.0. The normalized spacial score (nSPS) is 12.7. The fraction of sp³-hybridized carbons (Fsp3) is 0.667. The molecule has 0 aromatic carbocycles. The predicted molar refractivity (Wildman–Crippen MR) is 48.9 cm³/mol. The standard InChI is InChI=1S/C9H12F3NO5/c1-2-3-18-7(16)5(4-6(14)15)13-8(17)9(10,11)12/h5H,2-4H2,1H3,(H,13,17)(H,14,15)/p-1. The van der Waals surface area contributed by atoms with E-state index in [-0.39, 0.29) is 6.61 Å². The van der Waals surface area contributed by atoms with Crippen molar-refractivity contribution in [2.24, 2.45) is 0 Å². The van der Waals surface area contributed by atoms with Crippen molar-refractivity contribution in [2.45, 2.75) is 32.0 Å². The van der Waals surface area contributed by atoms with Gasteiger partial charge < -0.3 is 20.0 Å². The van der Waals surface area contributed by atoms with E-state index >= 15 is 0 Å². The number of rotatable bonds is 6. The number of hydrogen-bond acceptors (Lipinski definition) is 5. The van der Waals surface area contributed by atoms with Gasteiger partial charge in [0.15, 0.2) is 0 Å². The van der Waals surface area contributed by atoms with Gasteiger partial charge in [-0.25, -0.2) is 4.79 Å². The second kappa shape index (κ2) is 6.82. The van der Waals surface area contributed by atoms with E-state index < -0.39 is 36.5 Å². The van der Waals surface area contributed by atoms with Crippen LogP contribution < -0.4 is 10.4 Å². The molecule has 0 aliphatic heterocycles. The molecular weight excluding hydrogens is 259 g/mol. The Bertz CT molecular complexity index is 329. The minimum absolute atomic E-state index is 0.0930. The van der Waals surface area contributed by atoms with Crippen LogP contribution in [-0.4, -0.2) is 36.7 Å². The van der Waals surface area contributed by atoms with Gasteiger partial charge in [-0.1, -0.05) is 6.92 Å². The third-order valence-corrected chi connectivity index (χ3v) is 1.67. The number of carboxylic acids is 1. The van der Waals surface area contributed by atoms with Crippen LogP contribution in [-0.2, 0) is 19.1 Å². The minimum Gasteiger partial charge on any atom is -0.550 e. The number of halogens is 3. The van der Waals surface area contributed by atoms with E-state index in [4.69, 9.17) is 0 Å². The van der Waals surface area contributed by atoms with E-state index in [1.165, 1.54) is 5.32 Å². The van der Waals surface area contributed by atoms with Gasteiger partial charge in [0.25, 0.3) is 0 Å². The third-order valence-electron chi connectivity index (χ3n) is 1.67. The van der Waals surface area contributed by atoms with E-state index in [1.807, 2.05) is 0 Å². The Morgan fingerprint density at radius 3 is 2.28 bits per heavy atom. The molecule has 0 saturated carbocycles. The molecule has 0 saturated heterocycles. The molecule has 1 atom stereocenters. The monoisotopic (exact) mass is 270 g/mol. The molecule has 1 amide bonds. The molecule has 0 aromatic rings. The molecule has 0 fully saturated rings. The summed E-state index contributed by atoms with van der Waals surface area (Å²) in [5.41, 5.74) is 0. The van der Waals surface area contributed by atoms with Crippen molar-refractivity contribution < 1.29 is 37.4 Å². The number of esters is 1. The van der Waals surface area contributed by atoms with Crippen LogP contribution in [0.3, 0.4) is 0 Å². The quantitative estimate of drug-likeness (QED) is 0.633. The highest BCUT2D eigenvalue weighted by molar-refractivity contribution is 5.89. The molecule has 0 heterocycles. The van der Waals surface area contributed by atoms with Crippen molar-refractivity contribution in [2.75, 3.05) is 6.61 Å². The van der Waals surface area contributed by atoms with Crippen LogP contribution in [0.2, 0.25) is 0 Å². The molecule has 0 aromatic heterocycles. The first-order valence-corrected chi connectivity index (χ1v) is 4.92. The van der Waals surface area contributed by atoms with Gasteiger partial charge in [-0.15, -0.1) is 0 Å². The number of ether oxygens (including phenoxy) is 1. The SMILES string of the molecule is CCCOC(=O)C(CC(=O)[O-])NC(=O)C(F)(F)F. The Morgan fingerprint density at radius 2 is 1.89 bits per heavy atom.